The van der Waals surface area contributed by atoms with E-state index < -0.39 is 47.5 Å². The van der Waals surface area contributed by atoms with Crippen LogP contribution in [0.25, 0.3) is 0 Å². The number of rotatable bonds is 10. The van der Waals surface area contributed by atoms with E-state index in [9.17, 15) is 19.5 Å². The number of aliphatic hydroxyl groups is 1. The molecule has 3 aliphatic rings. The fraction of sp³-hybridized carbons (Fsp3) is 0.500. The monoisotopic (exact) mass is 562 g/mol. The second kappa shape index (κ2) is 10.4. The molecule has 1 aromatic carbocycles. The van der Waals surface area contributed by atoms with Crippen molar-refractivity contribution < 1.29 is 33.7 Å². The zero-order chi connectivity index (χ0) is 26.2. The third-order valence-corrected chi connectivity index (χ3v) is 8.12. The number of halogens is 1. The van der Waals surface area contributed by atoms with Gasteiger partial charge >= 0.3 is 5.97 Å². The van der Waals surface area contributed by atoms with E-state index in [0.717, 1.165) is 0 Å². The van der Waals surface area contributed by atoms with Gasteiger partial charge in [0.05, 0.1) is 37.7 Å². The summed E-state index contributed by atoms with van der Waals surface area (Å²) in [6.07, 6.45) is 2.79. The smallest absolute Gasteiger partial charge is 0.312 e. The summed E-state index contributed by atoms with van der Waals surface area (Å²) in [6, 6.07) is 5.26. The second-order valence-corrected chi connectivity index (χ2v) is 10.5. The van der Waals surface area contributed by atoms with Gasteiger partial charge < -0.3 is 29.1 Å². The standard InChI is InChI=1S/C26H31BrN2O7/c1-5-11-28(16-7-9-17(34-4)10-8-16)24(32)22-26-13-18(27)21(36-26)19(25(33)35-12-6-2)20(26)23(31)29(22)15(3)14-30/h5-10,15,18-22,30H,1-2,11-14H2,3-4H3/t15-,18?,19-,20+,21-,22?,26?/m1/s1. The van der Waals surface area contributed by atoms with E-state index in [1.807, 2.05) is 0 Å². The van der Waals surface area contributed by atoms with Crippen molar-refractivity contribution in [3.8, 4) is 5.75 Å². The number of nitrogens with zero attached hydrogens (tertiary/aromatic N) is 2. The molecule has 10 heteroatoms. The predicted molar refractivity (Wildman–Crippen MR) is 136 cm³/mol. The molecule has 1 aromatic rings. The molecule has 2 amide bonds. The highest BCUT2D eigenvalue weighted by atomic mass is 79.9. The van der Waals surface area contributed by atoms with Crippen molar-refractivity contribution in [3.05, 3.63) is 49.6 Å². The van der Waals surface area contributed by atoms with Crippen molar-refractivity contribution >= 4 is 39.4 Å². The highest BCUT2D eigenvalue weighted by Gasteiger charge is 2.77. The minimum absolute atomic E-state index is 0.00656. The minimum atomic E-state index is -1.25. The van der Waals surface area contributed by atoms with Crippen molar-refractivity contribution in [2.75, 3.05) is 31.8 Å². The quantitative estimate of drug-likeness (QED) is 0.264. The Balaban J connectivity index is 1.79. The summed E-state index contributed by atoms with van der Waals surface area (Å²) in [5.74, 6) is -2.49. The van der Waals surface area contributed by atoms with Gasteiger partial charge in [-0.15, -0.1) is 6.58 Å². The van der Waals surface area contributed by atoms with Gasteiger partial charge in [0, 0.05) is 17.1 Å². The van der Waals surface area contributed by atoms with Crippen molar-refractivity contribution in [1.82, 2.24) is 4.90 Å². The van der Waals surface area contributed by atoms with E-state index in [0.29, 0.717) is 17.9 Å². The van der Waals surface area contributed by atoms with Crippen molar-refractivity contribution in [1.29, 1.82) is 0 Å². The number of ether oxygens (including phenoxy) is 3. The highest BCUT2D eigenvalue weighted by molar-refractivity contribution is 9.09. The lowest BCUT2D eigenvalue weighted by atomic mass is 9.70. The minimum Gasteiger partial charge on any atom is -0.497 e. The molecule has 0 aromatic heterocycles. The molecule has 36 heavy (non-hydrogen) atoms. The van der Waals surface area contributed by atoms with E-state index >= 15 is 0 Å². The molecule has 7 atom stereocenters. The van der Waals surface area contributed by atoms with E-state index in [4.69, 9.17) is 14.2 Å². The Morgan fingerprint density at radius 3 is 2.61 bits per heavy atom. The topological polar surface area (TPSA) is 106 Å². The first-order chi connectivity index (χ1) is 17.2. The van der Waals surface area contributed by atoms with Crippen LogP contribution in [0.3, 0.4) is 0 Å². The lowest BCUT2D eigenvalue weighted by Gasteiger charge is -2.38. The summed E-state index contributed by atoms with van der Waals surface area (Å²) >= 11 is 3.62. The first-order valence-corrected chi connectivity index (χ1v) is 12.8. The summed E-state index contributed by atoms with van der Waals surface area (Å²) in [4.78, 5) is 43.9. The summed E-state index contributed by atoms with van der Waals surface area (Å²) in [5.41, 5.74) is -0.658. The van der Waals surface area contributed by atoms with Gasteiger partial charge in [0.25, 0.3) is 5.91 Å². The molecule has 3 aliphatic heterocycles. The third-order valence-electron chi connectivity index (χ3n) is 7.28. The fourth-order valence-electron chi connectivity index (χ4n) is 5.78. The summed E-state index contributed by atoms with van der Waals surface area (Å²) in [5, 5.41) is 10.0. The Morgan fingerprint density at radius 1 is 1.33 bits per heavy atom. The average Bonchev–Trinajstić information content (AvgIpc) is 3.48. The molecular formula is C26H31BrN2O7. The van der Waals surface area contributed by atoms with Crippen LogP contribution in [-0.2, 0) is 23.9 Å². The van der Waals surface area contributed by atoms with Gasteiger partial charge in [-0.05, 0) is 37.6 Å². The molecule has 2 bridgehead atoms. The molecule has 1 N–H and O–H groups in total. The van der Waals surface area contributed by atoms with Crippen LogP contribution >= 0.6 is 15.9 Å². The number of carbonyl (C=O) groups is 3. The number of fused-ring (bicyclic) bond motifs is 1. The van der Waals surface area contributed by atoms with Crippen molar-refractivity contribution in [2.45, 2.75) is 42.0 Å². The van der Waals surface area contributed by atoms with Gasteiger partial charge in [0.1, 0.15) is 24.0 Å². The molecule has 3 saturated heterocycles. The van der Waals surface area contributed by atoms with Crippen LogP contribution in [0, 0.1) is 11.8 Å². The zero-order valence-corrected chi connectivity index (χ0v) is 21.9. The maximum atomic E-state index is 14.3. The molecular weight excluding hydrogens is 532 g/mol. The zero-order valence-electron chi connectivity index (χ0n) is 20.3. The Labute approximate surface area is 218 Å². The second-order valence-electron chi connectivity index (χ2n) is 9.29. The first-order valence-electron chi connectivity index (χ1n) is 11.8. The summed E-state index contributed by atoms with van der Waals surface area (Å²) in [6.45, 7) is 8.88. The summed E-state index contributed by atoms with van der Waals surface area (Å²) < 4.78 is 17.0. The molecule has 194 valence electrons. The third kappa shape index (κ3) is 4.05. The number of aliphatic hydroxyl groups excluding tert-OH is 1. The van der Waals surface area contributed by atoms with Gasteiger partial charge in [0.15, 0.2) is 0 Å². The number of esters is 1. The number of likely N-dealkylation sites (tertiary alicyclic amines) is 1. The maximum absolute atomic E-state index is 14.3. The number of hydrogen-bond donors (Lipinski definition) is 1. The lowest BCUT2D eigenvalue weighted by Crippen LogP contribution is -2.58. The van der Waals surface area contributed by atoms with E-state index in [1.54, 1.807) is 44.4 Å². The van der Waals surface area contributed by atoms with Crippen LogP contribution in [0.15, 0.2) is 49.6 Å². The first kappa shape index (κ1) is 26.4. The molecule has 1 spiro atoms. The predicted octanol–water partition coefficient (Wildman–Crippen LogP) is 2.07. The normalized spacial score (nSPS) is 31.1. The number of carbonyl (C=O) groups excluding carboxylic acids is 3. The van der Waals surface area contributed by atoms with Crippen LogP contribution in [0.4, 0.5) is 5.69 Å². The number of benzene rings is 1. The van der Waals surface area contributed by atoms with Gasteiger partial charge in [0.2, 0.25) is 5.91 Å². The Kier molecular flexibility index (Phi) is 7.59. The van der Waals surface area contributed by atoms with Crippen LogP contribution in [0.1, 0.15) is 13.3 Å². The van der Waals surface area contributed by atoms with Crippen LogP contribution in [0.2, 0.25) is 0 Å². The molecule has 9 nitrogen and oxygen atoms in total. The molecule has 0 saturated carbocycles. The number of anilines is 1. The maximum Gasteiger partial charge on any atom is 0.312 e. The van der Waals surface area contributed by atoms with Gasteiger partial charge in [-0.2, -0.15) is 0 Å². The molecule has 3 heterocycles. The van der Waals surface area contributed by atoms with Crippen LogP contribution < -0.4 is 9.64 Å². The number of hydrogen-bond acceptors (Lipinski definition) is 7. The molecule has 4 rings (SSSR count). The number of alkyl halides is 1. The number of amides is 2. The molecule has 0 radical (unpaired) electrons. The van der Waals surface area contributed by atoms with Crippen molar-refractivity contribution in [2.24, 2.45) is 11.8 Å². The van der Waals surface area contributed by atoms with Crippen LogP contribution in [-0.4, -0.2) is 83.3 Å². The number of methoxy groups -OCH3 is 1. The largest absolute Gasteiger partial charge is 0.497 e. The van der Waals surface area contributed by atoms with Gasteiger partial charge in [-0.3, -0.25) is 14.4 Å². The summed E-state index contributed by atoms with van der Waals surface area (Å²) in [7, 11) is 1.56. The molecule has 0 aliphatic carbocycles. The van der Waals surface area contributed by atoms with Gasteiger partial charge in [-0.1, -0.05) is 34.7 Å². The SMILES string of the molecule is C=CCOC(=O)[C@H]1[C@@H]2OC3(CC2Br)C(C(=O)N(CC=C)c2ccc(OC)cc2)N([C@H](C)CO)C(=O)[C@H]13. The van der Waals surface area contributed by atoms with E-state index in [-0.39, 0.29) is 30.5 Å². The van der Waals surface area contributed by atoms with E-state index in [1.165, 1.54) is 15.9 Å². The van der Waals surface area contributed by atoms with E-state index in [2.05, 4.69) is 29.1 Å². The fourth-order valence-corrected chi connectivity index (χ4v) is 6.72. The van der Waals surface area contributed by atoms with Gasteiger partial charge in [-0.25, -0.2) is 0 Å². The Bertz CT molecular complexity index is 1050. The van der Waals surface area contributed by atoms with Crippen molar-refractivity contribution in [3.63, 3.8) is 0 Å². The Hall–Kier alpha value is -2.69. The van der Waals surface area contributed by atoms with Crippen LogP contribution in [0.5, 0.6) is 5.75 Å². The average molecular weight is 563 g/mol. The Morgan fingerprint density at radius 2 is 2.03 bits per heavy atom. The molecule has 3 unspecified atom stereocenters. The lowest BCUT2D eigenvalue weighted by molar-refractivity contribution is -0.154. The highest BCUT2D eigenvalue weighted by Crippen LogP contribution is 2.60. The molecule has 3 fully saturated rings.